The molecule has 14 heavy (non-hydrogen) atoms. The van der Waals surface area contributed by atoms with E-state index in [1.54, 1.807) is 12.3 Å². The Kier molecular flexibility index (Phi) is 4.47. The minimum absolute atomic E-state index is 0.427. The Balaban J connectivity index is 2.43. The molecule has 0 unspecified atom stereocenters. The normalized spacial score (nSPS) is 12.1. The molecule has 0 radical (unpaired) electrons. The van der Waals surface area contributed by atoms with Crippen molar-refractivity contribution in [3.8, 4) is 0 Å². The van der Waals surface area contributed by atoms with Crippen molar-refractivity contribution in [3.05, 3.63) is 36.1 Å². The van der Waals surface area contributed by atoms with Crippen molar-refractivity contribution in [2.24, 2.45) is 0 Å². The highest BCUT2D eigenvalue weighted by Crippen LogP contribution is 2.12. The molecule has 0 bridgehead atoms. The molecule has 1 N–H and O–H groups in total. The van der Waals surface area contributed by atoms with E-state index in [0.29, 0.717) is 11.2 Å². The number of hydrogen-bond donors (Lipinski definition) is 1. The second-order valence-corrected chi connectivity index (χ2v) is 3.67. The first-order valence-corrected chi connectivity index (χ1v) is 5.09. The summed E-state index contributed by atoms with van der Waals surface area (Å²) >= 11 is 5.68. The van der Waals surface area contributed by atoms with E-state index >= 15 is 0 Å². The number of rotatable bonds is 5. The molecule has 0 aromatic carbocycles. The van der Waals surface area contributed by atoms with Gasteiger partial charge in [-0.25, -0.2) is 4.98 Å². The van der Waals surface area contributed by atoms with E-state index in [2.05, 4.69) is 23.8 Å². The predicted octanol–water partition coefficient (Wildman–Crippen LogP) is 3.50. The molecule has 0 aliphatic carbocycles. The van der Waals surface area contributed by atoms with E-state index in [0.717, 1.165) is 18.5 Å². The second-order valence-electron chi connectivity index (χ2n) is 3.28. The third-order valence-electron chi connectivity index (χ3n) is 1.94. The topological polar surface area (TPSA) is 24.9 Å². The first-order valence-electron chi connectivity index (χ1n) is 4.71. The Hall–Kier alpha value is -1.02. The van der Waals surface area contributed by atoms with Crippen molar-refractivity contribution >= 4 is 17.3 Å². The molecule has 0 saturated carbocycles. The summed E-state index contributed by atoms with van der Waals surface area (Å²) in [7, 11) is 0. The lowest BCUT2D eigenvalue weighted by Gasteiger charge is -2.13. The van der Waals surface area contributed by atoms with E-state index in [4.69, 9.17) is 11.6 Å². The number of pyridine rings is 1. The maximum Gasteiger partial charge on any atom is 0.129 e. The fourth-order valence-electron chi connectivity index (χ4n) is 1.19. The van der Waals surface area contributed by atoms with Gasteiger partial charge in [-0.05, 0) is 31.9 Å². The number of allylic oxidation sites excluding steroid dienone is 1. The average molecular weight is 211 g/mol. The highest BCUT2D eigenvalue weighted by molar-refractivity contribution is 6.29. The van der Waals surface area contributed by atoms with Crippen LogP contribution in [0.1, 0.15) is 19.8 Å². The Morgan fingerprint density at radius 3 is 3.00 bits per heavy atom. The van der Waals surface area contributed by atoms with Gasteiger partial charge in [0.15, 0.2) is 0 Å². The molecular formula is C11H15ClN2. The van der Waals surface area contributed by atoms with Crippen molar-refractivity contribution in [3.63, 3.8) is 0 Å². The molecule has 1 rings (SSSR count). The van der Waals surface area contributed by atoms with Crippen LogP contribution < -0.4 is 5.32 Å². The fraction of sp³-hybridized carbons (Fsp3) is 0.364. The van der Waals surface area contributed by atoms with E-state index in [1.165, 1.54) is 0 Å². The van der Waals surface area contributed by atoms with Crippen LogP contribution in [0.4, 0.5) is 5.69 Å². The van der Waals surface area contributed by atoms with Crippen molar-refractivity contribution in [1.82, 2.24) is 4.98 Å². The highest BCUT2D eigenvalue weighted by Gasteiger charge is 2.00. The smallest absolute Gasteiger partial charge is 0.129 e. The van der Waals surface area contributed by atoms with Crippen molar-refractivity contribution in [1.29, 1.82) is 0 Å². The number of anilines is 1. The van der Waals surface area contributed by atoms with Crippen LogP contribution in [-0.2, 0) is 0 Å². The van der Waals surface area contributed by atoms with Gasteiger partial charge in [-0.1, -0.05) is 17.7 Å². The number of nitrogens with one attached hydrogen (secondary N) is 1. The standard InChI is InChI=1S/C11H15ClN2/c1-3-4-5-9(2)14-10-6-7-11(12)13-8-10/h3,6-9,14H,1,4-5H2,2H3/t9-/m1/s1. The van der Waals surface area contributed by atoms with Gasteiger partial charge in [0.2, 0.25) is 0 Å². The summed E-state index contributed by atoms with van der Waals surface area (Å²) in [5.74, 6) is 0. The van der Waals surface area contributed by atoms with Crippen molar-refractivity contribution in [2.75, 3.05) is 5.32 Å². The summed E-state index contributed by atoms with van der Waals surface area (Å²) in [5.41, 5.74) is 1.01. The molecule has 0 aliphatic rings. The van der Waals surface area contributed by atoms with Crippen LogP contribution >= 0.6 is 11.6 Å². The minimum atomic E-state index is 0.427. The van der Waals surface area contributed by atoms with E-state index in [9.17, 15) is 0 Å². The molecule has 0 saturated heterocycles. The zero-order valence-corrected chi connectivity index (χ0v) is 9.09. The molecule has 1 atom stereocenters. The van der Waals surface area contributed by atoms with Crippen molar-refractivity contribution in [2.45, 2.75) is 25.8 Å². The number of aromatic nitrogens is 1. The molecule has 0 spiro atoms. The van der Waals surface area contributed by atoms with Crippen LogP contribution in [0.3, 0.4) is 0 Å². The molecule has 2 nitrogen and oxygen atoms in total. The number of halogens is 1. The first kappa shape index (κ1) is 11.1. The highest BCUT2D eigenvalue weighted by atomic mass is 35.5. The Bertz CT molecular complexity index is 282. The second kappa shape index (κ2) is 5.66. The monoisotopic (exact) mass is 210 g/mol. The molecule has 1 heterocycles. The van der Waals surface area contributed by atoms with Gasteiger partial charge in [0.1, 0.15) is 5.15 Å². The molecule has 0 amide bonds. The lowest BCUT2D eigenvalue weighted by atomic mass is 10.2. The summed E-state index contributed by atoms with van der Waals surface area (Å²) in [6, 6.07) is 4.14. The van der Waals surface area contributed by atoms with Gasteiger partial charge in [0.05, 0.1) is 11.9 Å². The average Bonchev–Trinajstić information content (AvgIpc) is 2.18. The summed E-state index contributed by atoms with van der Waals surface area (Å²) in [4.78, 5) is 4.00. The zero-order valence-electron chi connectivity index (χ0n) is 8.33. The van der Waals surface area contributed by atoms with Crippen LogP contribution in [0.5, 0.6) is 0 Å². The molecule has 3 heteroatoms. The Morgan fingerprint density at radius 1 is 1.64 bits per heavy atom. The van der Waals surface area contributed by atoms with E-state index in [1.807, 2.05) is 12.1 Å². The quantitative estimate of drug-likeness (QED) is 0.595. The third kappa shape index (κ3) is 3.79. The van der Waals surface area contributed by atoms with Crippen LogP contribution in [0.15, 0.2) is 31.0 Å². The summed E-state index contributed by atoms with van der Waals surface area (Å²) in [6.07, 6.45) is 5.77. The largest absolute Gasteiger partial charge is 0.381 e. The van der Waals surface area contributed by atoms with Gasteiger partial charge in [-0.15, -0.1) is 6.58 Å². The molecule has 0 aliphatic heterocycles. The van der Waals surface area contributed by atoms with Gasteiger partial charge in [0.25, 0.3) is 0 Å². The van der Waals surface area contributed by atoms with Crippen LogP contribution in [0, 0.1) is 0 Å². The maximum absolute atomic E-state index is 5.68. The van der Waals surface area contributed by atoms with Crippen LogP contribution in [0.25, 0.3) is 0 Å². The molecule has 1 aromatic heterocycles. The van der Waals surface area contributed by atoms with Gasteiger partial charge >= 0.3 is 0 Å². The maximum atomic E-state index is 5.68. The fourth-order valence-corrected chi connectivity index (χ4v) is 1.30. The van der Waals surface area contributed by atoms with E-state index in [-0.39, 0.29) is 0 Å². The van der Waals surface area contributed by atoms with Gasteiger partial charge < -0.3 is 5.32 Å². The summed E-state index contributed by atoms with van der Waals surface area (Å²) < 4.78 is 0. The lowest BCUT2D eigenvalue weighted by molar-refractivity contribution is 0.718. The zero-order chi connectivity index (χ0) is 10.4. The summed E-state index contributed by atoms with van der Waals surface area (Å²) in [6.45, 7) is 5.83. The van der Waals surface area contributed by atoms with Gasteiger partial charge in [-0.2, -0.15) is 0 Å². The van der Waals surface area contributed by atoms with Crippen molar-refractivity contribution < 1.29 is 0 Å². The van der Waals surface area contributed by atoms with Gasteiger partial charge in [-0.3, -0.25) is 0 Å². The lowest BCUT2D eigenvalue weighted by Crippen LogP contribution is -2.14. The third-order valence-corrected chi connectivity index (χ3v) is 2.17. The van der Waals surface area contributed by atoms with Gasteiger partial charge in [0, 0.05) is 6.04 Å². The minimum Gasteiger partial charge on any atom is -0.381 e. The summed E-state index contributed by atoms with van der Waals surface area (Å²) in [5, 5.41) is 3.86. The molecular weight excluding hydrogens is 196 g/mol. The number of hydrogen-bond acceptors (Lipinski definition) is 2. The Labute approximate surface area is 90.0 Å². The van der Waals surface area contributed by atoms with Crippen LogP contribution in [0.2, 0.25) is 5.15 Å². The molecule has 1 aromatic rings. The molecule has 76 valence electrons. The number of nitrogens with zero attached hydrogens (tertiary/aromatic N) is 1. The Morgan fingerprint density at radius 2 is 2.43 bits per heavy atom. The molecule has 0 fully saturated rings. The van der Waals surface area contributed by atoms with Crippen LogP contribution in [-0.4, -0.2) is 11.0 Å². The first-order chi connectivity index (χ1) is 6.72. The SMILES string of the molecule is C=CCC[C@@H](C)Nc1ccc(Cl)nc1. The van der Waals surface area contributed by atoms with E-state index < -0.39 is 0 Å². The predicted molar refractivity (Wildman–Crippen MR) is 61.8 cm³/mol.